The molecule has 0 fully saturated rings. The molecule has 0 aliphatic rings. The molecule has 1 rings (SSSR count). The topological polar surface area (TPSA) is 21.3 Å². The Balaban J connectivity index is 2.81. The molecule has 1 unspecified atom stereocenters. The second kappa shape index (κ2) is 7.35. The van der Waals surface area contributed by atoms with E-state index in [2.05, 4.69) is 5.32 Å². The van der Waals surface area contributed by atoms with Gasteiger partial charge in [0.05, 0.1) is 12.6 Å². The van der Waals surface area contributed by atoms with Gasteiger partial charge in [-0.2, -0.15) is 0 Å². The Bertz CT molecular complexity index is 331. The summed E-state index contributed by atoms with van der Waals surface area (Å²) in [6.07, 6.45) is -1.57. The van der Waals surface area contributed by atoms with E-state index in [0.717, 1.165) is 12.0 Å². The maximum Gasteiger partial charge on any atom is 0.257 e. The molecule has 0 spiro atoms. The first-order chi connectivity index (χ1) is 8.19. The minimum Gasteiger partial charge on any atom is -0.380 e. The van der Waals surface area contributed by atoms with Gasteiger partial charge in [-0.1, -0.05) is 31.2 Å². The van der Waals surface area contributed by atoms with Crippen LogP contribution in [-0.4, -0.2) is 20.1 Å². The van der Waals surface area contributed by atoms with Crippen LogP contribution >= 0.6 is 0 Å². The van der Waals surface area contributed by atoms with Gasteiger partial charge in [-0.25, -0.2) is 8.78 Å². The van der Waals surface area contributed by atoms with Crippen LogP contribution in [0.3, 0.4) is 0 Å². The van der Waals surface area contributed by atoms with Crippen molar-refractivity contribution in [3.8, 4) is 0 Å². The van der Waals surface area contributed by atoms with E-state index < -0.39 is 12.5 Å². The molecular formula is C13H19F2NO. The van der Waals surface area contributed by atoms with Gasteiger partial charge >= 0.3 is 0 Å². The summed E-state index contributed by atoms with van der Waals surface area (Å²) in [5.41, 5.74) is 1.52. The Morgan fingerprint density at radius 1 is 1.35 bits per heavy atom. The fourth-order valence-electron chi connectivity index (χ4n) is 1.70. The summed E-state index contributed by atoms with van der Waals surface area (Å²) in [5, 5.41) is 2.86. The summed E-state index contributed by atoms with van der Waals surface area (Å²) in [7, 11) is 1.59. The van der Waals surface area contributed by atoms with Crippen LogP contribution in [0.2, 0.25) is 0 Å². The van der Waals surface area contributed by atoms with E-state index in [1.807, 2.05) is 13.0 Å². The maximum absolute atomic E-state index is 12.9. The number of rotatable bonds is 7. The van der Waals surface area contributed by atoms with E-state index in [-0.39, 0.29) is 0 Å². The van der Waals surface area contributed by atoms with Crippen molar-refractivity contribution < 1.29 is 13.5 Å². The number of hydrogen-bond donors (Lipinski definition) is 1. The fraction of sp³-hybridized carbons (Fsp3) is 0.538. The standard InChI is InChI=1S/C13H19F2NO/c1-3-7-16-12(13(14)15)11-6-4-5-10(8-11)9-17-2/h4-6,8,12-13,16H,3,7,9H2,1-2H3. The predicted molar refractivity (Wildman–Crippen MR) is 64.2 cm³/mol. The summed E-state index contributed by atoms with van der Waals surface area (Å²) in [6.45, 7) is 2.98. The Morgan fingerprint density at radius 3 is 2.71 bits per heavy atom. The largest absolute Gasteiger partial charge is 0.380 e. The van der Waals surface area contributed by atoms with Gasteiger partial charge in [-0.15, -0.1) is 0 Å². The molecule has 0 amide bonds. The molecule has 0 aliphatic heterocycles. The lowest BCUT2D eigenvalue weighted by molar-refractivity contribution is 0.0983. The molecule has 1 aromatic carbocycles. The van der Waals surface area contributed by atoms with Crippen LogP contribution in [-0.2, 0) is 11.3 Å². The Morgan fingerprint density at radius 2 is 2.12 bits per heavy atom. The highest BCUT2D eigenvalue weighted by Crippen LogP contribution is 2.21. The molecule has 17 heavy (non-hydrogen) atoms. The van der Waals surface area contributed by atoms with E-state index in [0.29, 0.717) is 18.7 Å². The van der Waals surface area contributed by atoms with Crippen molar-refractivity contribution in [1.82, 2.24) is 5.32 Å². The van der Waals surface area contributed by atoms with Crippen LogP contribution < -0.4 is 5.32 Å². The van der Waals surface area contributed by atoms with Crippen molar-refractivity contribution in [2.75, 3.05) is 13.7 Å². The van der Waals surface area contributed by atoms with E-state index >= 15 is 0 Å². The first kappa shape index (κ1) is 14.1. The third kappa shape index (κ3) is 4.40. The normalized spacial score (nSPS) is 13.0. The van der Waals surface area contributed by atoms with Gasteiger partial charge in [0.15, 0.2) is 0 Å². The minimum atomic E-state index is -2.40. The lowest BCUT2D eigenvalue weighted by Crippen LogP contribution is -2.28. The zero-order chi connectivity index (χ0) is 12.7. The van der Waals surface area contributed by atoms with Crippen molar-refractivity contribution in [2.45, 2.75) is 32.4 Å². The number of ether oxygens (including phenoxy) is 1. The molecule has 0 aromatic heterocycles. The molecule has 1 N–H and O–H groups in total. The molecule has 0 radical (unpaired) electrons. The first-order valence-corrected chi connectivity index (χ1v) is 5.78. The average molecular weight is 243 g/mol. The number of alkyl halides is 2. The monoisotopic (exact) mass is 243 g/mol. The zero-order valence-electron chi connectivity index (χ0n) is 10.2. The lowest BCUT2D eigenvalue weighted by atomic mass is 10.0. The van der Waals surface area contributed by atoms with Gasteiger partial charge in [0.1, 0.15) is 0 Å². The Labute approximate surface area is 101 Å². The van der Waals surface area contributed by atoms with Crippen LogP contribution in [0.25, 0.3) is 0 Å². The van der Waals surface area contributed by atoms with E-state index in [1.54, 1.807) is 25.3 Å². The summed E-state index contributed by atoms with van der Waals surface area (Å²) in [6, 6.07) is 6.25. The molecule has 96 valence electrons. The molecule has 1 aromatic rings. The van der Waals surface area contributed by atoms with Gasteiger partial charge in [0.25, 0.3) is 6.43 Å². The molecule has 0 saturated carbocycles. The van der Waals surface area contributed by atoms with Crippen molar-refractivity contribution in [1.29, 1.82) is 0 Å². The van der Waals surface area contributed by atoms with Gasteiger partial charge in [-0.05, 0) is 24.1 Å². The predicted octanol–water partition coefficient (Wildman–Crippen LogP) is 3.14. The second-order valence-electron chi connectivity index (χ2n) is 3.94. The van der Waals surface area contributed by atoms with Crippen LogP contribution in [0.15, 0.2) is 24.3 Å². The fourth-order valence-corrected chi connectivity index (χ4v) is 1.70. The molecule has 0 heterocycles. The molecule has 0 saturated heterocycles. The number of methoxy groups -OCH3 is 1. The van der Waals surface area contributed by atoms with E-state index in [4.69, 9.17) is 4.74 Å². The zero-order valence-corrected chi connectivity index (χ0v) is 10.2. The second-order valence-corrected chi connectivity index (χ2v) is 3.94. The highest BCUT2D eigenvalue weighted by atomic mass is 19.3. The molecule has 0 bridgehead atoms. The number of halogens is 2. The van der Waals surface area contributed by atoms with Gasteiger partial charge in [0, 0.05) is 7.11 Å². The highest BCUT2D eigenvalue weighted by Gasteiger charge is 2.21. The van der Waals surface area contributed by atoms with Gasteiger partial charge in [-0.3, -0.25) is 0 Å². The molecule has 4 heteroatoms. The summed E-state index contributed by atoms with van der Waals surface area (Å²) >= 11 is 0. The molecular weight excluding hydrogens is 224 g/mol. The average Bonchev–Trinajstić information content (AvgIpc) is 2.30. The highest BCUT2D eigenvalue weighted by molar-refractivity contribution is 5.26. The van der Waals surface area contributed by atoms with Gasteiger partial charge in [0.2, 0.25) is 0 Å². The summed E-state index contributed by atoms with van der Waals surface area (Å²) < 4.78 is 30.9. The Hall–Kier alpha value is -1.00. The van der Waals surface area contributed by atoms with Crippen molar-refractivity contribution in [3.05, 3.63) is 35.4 Å². The quantitative estimate of drug-likeness (QED) is 0.794. The van der Waals surface area contributed by atoms with Crippen LogP contribution in [0, 0.1) is 0 Å². The number of nitrogens with one attached hydrogen (secondary N) is 1. The maximum atomic E-state index is 12.9. The lowest BCUT2D eigenvalue weighted by Gasteiger charge is -2.18. The van der Waals surface area contributed by atoms with Crippen LogP contribution in [0.5, 0.6) is 0 Å². The molecule has 0 aliphatic carbocycles. The van der Waals surface area contributed by atoms with Crippen molar-refractivity contribution >= 4 is 0 Å². The van der Waals surface area contributed by atoms with Gasteiger partial charge < -0.3 is 10.1 Å². The third-order valence-corrected chi connectivity index (χ3v) is 2.49. The van der Waals surface area contributed by atoms with E-state index in [9.17, 15) is 8.78 Å². The number of benzene rings is 1. The Kier molecular flexibility index (Phi) is 6.08. The first-order valence-electron chi connectivity index (χ1n) is 5.78. The van der Waals surface area contributed by atoms with Crippen LogP contribution in [0.1, 0.15) is 30.5 Å². The summed E-state index contributed by atoms with van der Waals surface area (Å²) in [5.74, 6) is 0. The smallest absolute Gasteiger partial charge is 0.257 e. The number of hydrogen-bond acceptors (Lipinski definition) is 2. The van der Waals surface area contributed by atoms with Crippen molar-refractivity contribution in [3.63, 3.8) is 0 Å². The molecule has 1 atom stereocenters. The van der Waals surface area contributed by atoms with Crippen molar-refractivity contribution in [2.24, 2.45) is 0 Å². The minimum absolute atomic E-state index is 0.442. The summed E-state index contributed by atoms with van der Waals surface area (Å²) in [4.78, 5) is 0. The molecule has 2 nitrogen and oxygen atoms in total. The third-order valence-electron chi connectivity index (χ3n) is 2.49. The van der Waals surface area contributed by atoms with Crippen LogP contribution in [0.4, 0.5) is 8.78 Å². The van der Waals surface area contributed by atoms with E-state index in [1.165, 1.54) is 0 Å². The SMILES string of the molecule is CCCNC(c1cccc(COC)c1)C(F)F.